The molecule has 1 saturated heterocycles. The summed E-state index contributed by atoms with van der Waals surface area (Å²) in [6.45, 7) is 0. The van der Waals surface area contributed by atoms with Crippen molar-refractivity contribution in [1.82, 2.24) is 15.5 Å². The Kier molecular flexibility index (Phi) is 4.48. The van der Waals surface area contributed by atoms with Crippen LogP contribution in [-0.2, 0) is 4.79 Å². The van der Waals surface area contributed by atoms with Gasteiger partial charge >= 0.3 is 0 Å². The molecule has 0 radical (unpaired) electrons. The van der Waals surface area contributed by atoms with E-state index in [9.17, 15) is 4.79 Å². The molecule has 0 saturated carbocycles. The highest BCUT2D eigenvalue weighted by Crippen LogP contribution is 2.29. The Morgan fingerprint density at radius 2 is 2.04 bits per heavy atom. The van der Waals surface area contributed by atoms with E-state index in [1.807, 2.05) is 30.3 Å². The number of furan rings is 1. The summed E-state index contributed by atoms with van der Waals surface area (Å²) in [5, 5.41) is 18.1. The van der Waals surface area contributed by atoms with Crippen LogP contribution in [0.5, 0.6) is 0 Å². The van der Waals surface area contributed by atoms with E-state index in [1.165, 1.54) is 18.0 Å². The van der Waals surface area contributed by atoms with Crippen LogP contribution in [0.1, 0.15) is 11.3 Å². The van der Waals surface area contributed by atoms with Gasteiger partial charge in [0.15, 0.2) is 5.17 Å². The van der Waals surface area contributed by atoms with Crippen LogP contribution in [0.3, 0.4) is 0 Å². The lowest BCUT2D eigenvalue weighted by molar-refractivity contribution is -0.115. The molecular formula is C18H13N5O2S. The SMILES string of the molecule is O=C1N/C(=N\N=C\c2ccco2)S/C1=C\c1cn[nH]c1-c1ccccc1. The Labute approximate surface area is 152 Å². The zero-order valence-corrected chi connectivity index (χ0v) is 14.2. The third-order valence-electron chi connectivity index (χ3n) is 3.55. The molecule has 1 amide bonds. The first-order valence-corrected chi connectivity index (χ1v) is 8.55. The van der Waals surface area contributed by atoms with Crippen LogP contribution in [0.4, 0.5) is 0 Å². The predicted molar refractivity (Wildman–Crippen MR) is 101 cm³/mol. The summed E-state index contributed by atoms with van der Waals surface area (Å²) in [5.41, 5.74) is 2.68. The van der Waals surface area contributed by atoms with Gasteiger partial charge in [-0.15, -0.1) is 5.10 Å². The summed E-state index contributed by atoms with van der Waals surface area (Å²) in [6.07, 6.45) is 6.50. The van der Waals surface area contributed by atoms with E-state index in [2.05, 4.69) is 25.7 Å². The van der Waals surface area contributed by atoms with Crippen LogP contribution >= 0.6 is 11.8 Å². The summed E-state index contributed by atoms with van der Waals surface area (Å²) in [4.78, 5) is 12.7. The average Bonchev–Trinajstić information content (AvgIpc) is 3.39. The van der Waals surface area contributed by atoms with Gasteiger partial charge in [0.25, 0.3) is 5.91 Å². The first-order valence-electron chi connectivity index (χ1n) is 7.74. The zero-order valence-electron chi connectivity index (χ0n) is 13.4. The summed E-state index contributed by atoms with van der Waals surface area (Å²) in [7, 11) is 0. The Bertz CT molecular complexity index is 1000. The summed E-state index contributed by atoms with van der Waals surface area (Å²) < 4.78 is 5.13. The van der Waals surface area contributed by atoms with Crippen LogP contribution < -0.4 is 5.32 Å². The lowest BCUT2D eigenvalue weighted by Crippen LogP contribution is -2.19. The van der Waals surface area contributed by atoms with Crippen molar-refractivity contribution in [2.24, 2.45) is 10.2 Å². The number of aromatic nitrogens is 2. The van der Waals surface area contributed by atoms with Gasteiger partial charge in [0.1, 0.15) is 5.76 Å². The number of nitrogens with zero attached hydrogens (tertiary/aromatic N) is 3. The van der Waals surface area contributed by atoms with Gasteiger partial charge in [-0.05, 0) is 30.0 Å². The maximum atomic E-state index is 12.2. The van der Waals surface area contributed by atoms with Crippen LogP contribution in [-0.4, -0.2) is 27.5 Å². The van der Waals surface area contributed by atoms with Crippen LogP contribution in [0, 0.1) is 0 Å². The number of thioether (sulfide) groups is 1. The summed E-state index contributed by atoms with van der Waals surface area (Å²) in [6, 6.07) is 13.3. The van der Waals surface area contributed by atoms with Crippen LogP contribution in [0.15, 0.2) is 74.4 Å². The first-order chi connectivity index (χ1) is 12.8. The highest BCUT2D eigenvalue weighted by Gasteiger charge is 2.24. The van der Waals surface area contributed by atoms with Crippen molar-refractivity contribution in [3.05, 3.63) is 71.2 Å². The third-order valence-corrected chi connectivity index (χ3v) is 4.45. The van der Waals surface area contributed by atoms with Gasteiger partial charge in [-0.3, -0.25) is 15.2 Å². The molecule has 2 N–H and O–H groups in total. The second-order valence-electron chi connectivity index (χ2n) is 5.30. The van der Waals surface area contributed by atoms with E-state index in [0.29, 0.717) is 15.8 Å². The molecule has 0 bridgehead atoms. The van der Waals surface area contributed by atoms with Crippen molar-refractivity contribution in [1.29, 1.82) is 0 Å². The lowest BCUT2D eigenvalue weighted by Gasteiger charge is -1.99. The molecule has 4 rings (SSSR count). The Balaban J connectivity index is 1.54. The number of amides is 1. The second kappa shape index (κ2) is 7.24. The van der Waals surface area contributed by atoms with Crippen molar-refractivity contribution < 1.29 is 9.21 Å². The quantitative estimate of drug-likeness (QED) is 0.422. The molecule has 1 aliphatic rings. The van der Waals surface area contributed by atoms with Gasteiger partial charge in [-0.2, -0.15) is 10.2 Å². The normalized spacial score (nSPS) is 17.5. The molecule has 0 atom stereocenters. The minimum absolute atomic E-state index is 0.220. The molecule has 26 heavy (non-hydrogen) atoms. The second-order valence-corrected chi connectivity index (χ2v) is 6.33. The standard InChI is InChI=1S/C18H13N5O2S/c24-17-15(26-18(21-17)23-20-11-14-7-4-8-25-14)9-13-10-19-22-16(13)12-5-2-1-3-6-12/h1-11H,(H,19,22)(H,21,23,24)/b15-9-,20-11+. The maximum Gasteiger partial charge on any atom is 0.264 e. The Morgan fingerprint density at radius 3 is 2.85 bits per heavy atom. The fourth-order valence-electron chi connectivity index (χ4n) is 2.36. The van der Waals surface area contributed by atoms with Crippen molar-refractivity contribution in [3.63, 3.8) is 0 Å². The van der Waals surface area contributed by atoms with Crippen molar-refractivity contribution in [3.8, 4) is 11.3 Å². The van der Waals surface area contributed by atoms with E-state index in [4.69, 9.17) is 4.42 Å². The summed E-state index contributed by atoms with van der Waals surface area (Å²) >= 11 is 1.22. The third kappa shape index (κ3) is 3.50. The molecular weight excluding hydrogens is 350 g/mol. The lowest BCUT2D eigenvalue weighted by atomic mass is 10.1. The largest absolute Gasteiger partial charge is 0.463 e. The van der Waals surface area contributed by atoms with E-state index < -0.39 is 0 Å². The number of benzene rings is 1. The predicted octanol–water partition coefficient (Wildman–Crippen LogP) is 3.26. The maximum absolute atomic E-state index is 12.2. The molecule has 1 aliphatic heterocycles. The fraction of sp³-hybridized carbons (Fsp3) is 0. The summed E-state index contributed by atoms with van der Waals surface area (Å²) in [5.74, 6) is 0.368. The molecule has 3 heterocycles. The van der Waals surface area contributed by atoms with Crippen molar-refractivity contribution >= 4 is 35.1 Å². The number of amidine groups is 1. The number of nitrogens with one attached hydrogen (secondary N) is 2. The molecule has 0 spiro atoms. The number of hydrogen-bond donors (Lipinski definition) is 2. The molecule has 7 nitrogen and oxygen atoms in total. The number of hydrogen-bond acceptors (Lipinski definition) is 6. The molecule has 1 aromatic carbocycles. The van der Waals surface area contributed by atoms with Gasteiger partial charge in [0.2, 0.25) is 0 Å². The molecule has 8 heteroatoms. The molecule has 128 valence electrons. The number of rotatable bonds is 4. The van der Waals surface area contributed by atoms with E-state index in [1.54, 1.807) is 30.7 Å². The highest BCUT2D eigenvalue weighted by molar-refractivity contribution is 8.18. The van der Waals surface area contributed by atoms with Gasteiger partial charge < -0.3 is 4.42 Å². The molecule has 3 aromatic rings. The number of carbonyl (C=O) groups excluding carboxylic acids is 1. The number of aromatic amines is 1. The van der Waals surface area contributed by atoms with Crippen LogP contribution in [0.25, 0.3) is 17.3 Å². The first kappa shape index (κ1) is 16.1. The average molecular weight is 363 g/mol. The Morgan fingerprint density at radius 1 is 1.15 bits per heavy atom. The fourth-order valence-corrected chi connectivity index (χ4v) is 3.13. The number of H-pyrrole nitrogens is 1. The minimum Gasteiger partial charge on any atom is -0.463 e. The van der Waals surface area contributed by atoms with E-state index in [-0.39, 0.29) is 5.91 Å². The van der Waals surface area contributed by atoms with Crippen molar-refractivity contribution in [2.45, 2.75) is 0 Å². The van der Waals surface area contributed by atoms with Gasteiger partial charge in [0.05, 0.1) is 29.3 Å². The zero-order chi connectivity index (χ0) is 17.8. The minimum atomic E-state index is -0.220. The highest BCUT2D eigenvalue weighted by atomic mass is 32.2. The smallest absolute Gasteiger partial charge is 0.264 e. The van der Waals surface area contributed by atoms with Gasteiger partial charge in [0, 0.05) is 11.1 Å². The number of carbonyl (C=O) groups is 1. The molecule has 2 aromatic heterocycles. The van der Waals surface area contributed by atoms with Gasteiger partial charge in [-0.25, -0.2) is 0 Å². The van der Waals surface area contributed by atoms with Gasteiger partial charge in [-0.1, -0.05) is 30.3 Å². The van der Waals surface area contributed by atoms with E-state index in [0.717, 1.165) is 16.8 Å². The molecule has 0 aliphatic carbocycles. The molecule has 1 fully saturated rings. The topological polar surface area (TPSA) is 95.6 Å². The van der Waals surface area contributed by atoms with E-state index >= 15 is 0 Å². The monoisotopic (exact) mass is 363 g/mol. The molecule has 0 unspecified atom stereocenters. The van der Waals surface area contributed by atoms with Crippen LogP contribution in [0.2, 0.25) is 0 Å². The Hall–Kier alpha value is -3.39. The van der Waals surface area contributed by atoms with Crippen molar-refractivity contribution in [2.75, 3.05) is 0 Å².